The molecule has 1 amide bonds. The van der Waals surface area contributed by atoms with Crippen molar-refractivity contribution in [3.63, 3.8) is 0 Å². The van der Waals surface area contributed by atoms with Gasteiger partial charge in [0.05, 0.1) is 23.6 Å². The van der Waals surface area contributed by atoms with Crippen molar-refractivity contribution in [2.75, 3.05) is 0 Å². The third-order valence-corrected chi connectivity index (χ3v) is 4.88. The van der Waals surface area contributed by atoms with Gasteiger partial charge in [0.2, 0.25) is 5.91 Å². The fourth-order valence-corrected chi connectivity index (χ4v) is 3.14. The molecule has 0 N–H and O–H groups in total. The Morgan fingerprint density at radius 2 is 1.81 bits per heavy atom. The molecule has 0 aromatic heterocycles. The lowest BCUT2D eigenvalue weighted by Crippen LogP contribution is -2.44. The van der Waals surface area contributed by atoms with Gasteiger partial charge in [-0.05, 0) is 54.7 Å². The van der Waals surface area contributed by atoms with Crippen LogP contribution in [0.15, 0.2) is 48.5 Å². The summed E-state index contributed by atoms with van der Waals surface area (Å²) in [4.78, 5) is 14.5. The van der Waals surface area contributed by atoms with Gasteiger partial charge in [-0.15, -0.1) is 0 Å². The Hall–Kier alpha value is -2.81. The molecule has 1 fully saturated rings. The van der Waals surface area contributed by atoms with Gasteiger partial charge < -0.3 is 4.90 Å². The van der Waals surface area contributed by atoms with Crippen LogP contribution >= 0.6 is 0 Å². The molecule has 0 spiro atoms. The third-order valence-electron chi connectivity index (χ3n) is 4.88. The van der Waals surface area contributed by atoms with Gasteiger partial charge in [-0.25, -0.2) is 0 Å². The summed E-state index contributed by atoms with van der Waals surface area (Å²) in [6.07, 6.45) is -1.46. The molecule has 2 aromatic rings. The first-order chi connectivity index (χ1) is 12.9. The van der Waals surface area contributed by atoms with E-state index in [9.17, 15) is 18.0 Å². The summed E-state index contributed by atoms with van der Waals surface area (Å²) in [5.41, 5.74) is 1.08. The van der Waals surface area contributed by atoms with Gasteiger partial charge in [0.1, 0.15) is 0 Å². The van der Waals surface area contributed by atoms with Gasteiger partial charge in [0.25, 0.3) is 0 Å². The van der Waals surface area contributed by atoms with Crippen LogP contribution in [0.2, 0.25) is 0 Å². The molecule has 3 rings (SSSR count). The van der Waals surface area contributed by atoms with Crippen molar-refractivity contribution >= 4 is 5.91 Å². The number of hydrogen-bond donors (Lipinski definition) is 0. The minimum atomic E-state index is -4.40. The van der Waals surface area contributed by atoms with Crippen molar-refractivity contribution in [1.82, 2.24) is 4.90 Å². The molecule has 3 nitrogen and oxygen atoms in total. The molecule has 27 heavy (non-hydrogen) atoms. The molecule has 0 aliphatic heterocycles. The number of benzene rings is 2. The van der Waals surface area contributed by atoms with E-state index in [4.69, 9.17) is 5.26 Å². The van der Waals surface area contributed by atoms with Gasteiger partial charge in [0.15, 0.2) is 0 Å². The van der Waals surface area contributed by atoms with E-state index >= 15 is 0 Å². The maximum atomic E-state index is 12.9. The van der Waals surface area contributed by atoms with E-state index in [1.54, 1.807) is 35.2 Å². The smallest absolute Gasteiger partial charge is 0.335 e. The SMILES string of the molecule is N#Cc1ccc(CC(=O)N(Cc2cccc(C(F)(F)F)c2)C2CCC2)cc1. The summed E-state index contributed by atoms with van der Waals surface area (Å²) >= 11 is 0. The van der Waals surface area contributed by atoms with Gasteiger partial charge in [0, 0.05) is 12.6 Å². The highest BCUT2D eigenvalue weighted by Gasteiger charge is 2.32. The minimum Gasteiger partial charge on any atom is -0.335 e. The second-order valence-corrected chi connectivity index (χ2v) is 6.79. The summed E-state index contributed by atoms with van der Waals surface area (Å²) in [7, 11) is 0. The average molecular weight is 372 g/mol. The monoisotopic (exact) mass is 372 g/mol. The Morgan fingerprint density at radius 3 is 2.37 bits per heavy atom. The molecular weight excluding hydrogens is 353 g/mol. The normalized spacial score (nSPS) is 14.3. The van der Waals surface area contributed by atoms with Crippen molar-refractivity contribution in [3.05, 3.63) is 70.8 Å². The molecular formula is C21H19F3N2O. The van der Waals surface area contributed by atoms with Crippen LogP contribution in [0.25, 0.3) is 0 Å². The molecule has 0 unspecified atom stereocenters. The van der Waals surface area contributed by atoms with Gasteiger partial charge >= 0.3 is 6.18 Å². The Morgan fingerprint density at radius 1 is 1.11 bits per heavy atom. The van der Waals surface area contributed by atoms with Crippen molar-refractivity contribution in [1.29, 1.82) is 5.26 Å². The highest BCUT2D eigenvalue weighted by Crippen LogP contribution is 2.31. The first kappa shape index (κ1) is 19.0. The number of halogens is 3. The molecule has 1 saturated carbocycles. The number of carbonyl (C=O) groups is 1. The Labute approximate surface area is 156 Å². The molecule has 0 saturated heterocycles. The van der Waals surface area contributed by atoms with E-state index in [1.807, 2.05) is 6.07 Å². The number of alkyl halides is 3. The summed E-state index contributed by atoms with van der Waals surface area (Å²) in [6.45, 7) is 0.170. The van der Waals surface area contributed by atoms with Crippen LogP contribution in [0.4, 0.5) is 13.2 Å². The second-order valence-electron chi connectivity index (χ2n) is 6.79. The number of amides is 1. The minimum absolute atomic E-state index is 0.0745. The van der Waals surface area contributed by atoms with Crippen LogP contribution in [0.3, 0.4) is 0 Å². The quantitative estimate of drug-likeness (QED) is 0.764. The Bertz CT molecular complexity index is 849. The van der Waals surface area contributed by atoms with E-state index < -0.39 is 11.7 Å². The molecule has 6 heteroatoms. The van der Waals surface area contributed by atoms with Crippen molar-refractivity contribution in [2.24, 2.45) is 0 Å². The molecule has 0 atom stereocenters. The zero-order valence-corrected chi connectivity index (χ0v) is 14.7. The molecule has 0 radical (unpaired) electrons. The molecule has 0 heterocycles. The maximum absolute atomic E-state index is 12.9. The highest BCUT2D eigenvalue weighted by molar-refractivity contribution is 5.79. The summed E-state index contributed by atoms with van der Waals surface area (Å²) < 4.78 is 38.8. The van der Waals surface area contributed by atoms with Crippen LogP contribution in [-0.4, -0.2) is 16.8 Å². The van der Waals surface area contributed by atoms with Crippen LogP contribution in [0.5, 0.6) is 0 Å². The van der Waals surface area contributed by atoms with E-state index in [0.717, 1.165) is 37.0 Å². The molecule has 1 aliphatic carbocycles. The number of carbonyl (C=O) groups excluding carboxylic acids is 1. The first-order valence-electron chi connectivity index (χ1n) is 8.81. The lowest BCUT2D eigenvalue weighted by Gasteiger charge is -2.38. The second kappa shape index (κ2) is 7.83. The predicted octanol–water partition coefficient (Wildman–Crippen LogP) is 4.70. The van der Waals surface area contributed by atoms with Crippen molar-refractivity contribution in [3.8, 4) is 6.07 Å². The first-order valence-corrected chi connectivity index (χ1v) is 8.81. The van der Waals surface area contributed by atoms with E-state index in [1.165, 1.54) is 6.07 Å². The summed E-state index contributed by atoms with van der Waals surface area (Å²) in [6, 6.07) is 14.0. The predicted molar refractivity (Wildman–Crippen MR) is 94.5 cm³/mol. The lowest BCUT2D eigenvalue weighted by atomic mass is 9.90. The number of nitrogens with zero attached hydrogens (tertiary/aromatic N) is 2. The largest absolute Gasteiger partial charge is 0.416 e. The summed E-state index contributed by atoms with van der Waals surface area (Å²) in [5.74, 6) is -0.109. The standard InChI is InChI=1S/C21H19F3N2O/c22-21(23,24)18-4-1-3-17(11-18)14-26(19-5-2-6-19)20(27)12-15-7-9-16(13-25)10-8-15/h1,3-4,7-11,19H,2,5-6,12,14H2. The zero-order valence-electron chi connectivity index (χ0n) is 14.7. The van der Waals surface area contributed by atoms with Crippen molar-refractivity contribution < 1.29 is 18.0 Å². The zero-order chi connectivity index (χ0) is 19.4. The fourth-order valence-electron chi connectivity index (χ4n) is 3.14. The average Bonchev–Trinajstić information content (AvgIpc) is 2.60. The van der Waals surface area contributed by atoms with Gasteiger partial charge in [-0.2, -0.15) is 18.4 Å². The molecule has 0 bridgehead atoms. The third kappa shape index (κ3) is 4.68. The maximum Gasteiger partial charge on any atom is 0.416 e. The number of hydrogen-bond acceptors (Lipinski definition) is 2. The molecule has 2 aromatic carbocycles. The lowest BCUT2D eigenvalue weighted by molar-refractivity contribution is -0.137. The van der Waals surface area contributed by atoms with Crippen LogP contribution in [0, 0.1) is 11.3 Å². The molecule has 140 valence electrons. The van der Waals surface area contributed by atoms with E-state index in [-0.39, 0.29) is 24.9 Å². The van der Waals surface area contributed by atoms with Crippen LogP contribution < -0.4 is 0 Å². The number of rotatable bonds is 5. The van der Waals surface area contributed by atoms with Crippen LogP contribution in [-0.2, 0) is 23.9 Å². The summed E-state index contributed by atoms with van der Waals surface area (Å²) in [5, 5.41) is 8.85. The topological polar surface area (TPSA) is 44.1 Å². The number of nitriles is 1. The van der Waals surface area contributed by atoms with Crippen LogP contribution in [0.1, 0.15) is 41.5 Å². The fraction of sp³-hybridized carbons (Fsp3) is 0.333. The van der Waals surface area contributed by atoms with E-state index in [0.29, 0.717) is 11.1 Å². The van der Waals surface area contributed by atoms with Gasteiger partial charge in [-0.1, -0.05) is 24.3 Å². The van der Waals surface area contributed by atoms with E-state index in [2.05, 4.69) is 0 Å². The molecule has 1 aliphatic rings. The van der Waals surface area contributed by atoms with Crippen molar-refractivity contribution in [2.45, 2.75) is 44.4 Å². The Balaban J connectivity index is 1.76. The highest BCUT2D eigenvalue weighted by atomic mass is 19.4. The van der Waals surface area contributed by atoms with Gasteiger partial charge in [-0.3, -0.25) is 4.79 Å². The Kier molecular flexibility index (Phi) is 5.50.